The van der Waals surface area contributed by atoms with Crippen molar-refractivity contribution in [1.29, 1.82) is 0 Å². The van der Waals surface area contributed by atoms with Crippen LogP contribution in [0.2, 0.25) is 0 Å². The molecule has 0 saturated carbocycles. The SMILES string of the molecule is C=CC1=C(C(=O)N(C)C)N(CC(=O)Nc2ccc(-c3nccs3)cc2)CCC1. The van der Waals surface area contributed by atoms with Gasteiger partial charge in [0.25, 0.3) is 5.91 Å². The Morgan fingerprint density at radius 3 is 2.68 bits per heavy atom. The van der Waals surface area contributed by atoms with Gasteiger partial charge in [0.15, 0.2) is 0 Å². The maximum atomic E-state index is 12.6. The van der Waals surface area contributed by atoms with Crippen molar-refractivity contribution in [3.8, 4) is 10.6 Å². The Morgan fingerprint density at radius 1 is 1.32 bits per heavy atom. The van der Waals surface area contributed by atoms with Crippen LogP contribution in [0.15, 0.2) is 59.8 Å². The number of carbonyl (C=O) groups excluding carboxylic acids is 2. The number of nitrogens with zero attached hydrogens (tertiary/aromatic N) is 3. The number of benzene rings is 1. The van der Waals surface area contributed by atoms with Crippen molar-refractivity contribution in [2.24, 2.45) is 0 Å². The Labute approximate surface area is 169 Å². The lowest BCUT2D eigenvalue weighted by Crippen LogP contribution is -2.42. The number of allylic oxidation sites excluding steroid dienone is 2. The van der Waals surface area contributed by atoms with E-state index >= 15 is 0 Å². The molecule has 146 valence electrons. The van der Waals surface area contributed by atoms with E-state index in [0.29, 0.717) is 12.2 Å². The molecule has 7 heteroatoms. The van der Waals surface area contributed by atoms with Crippen LogP contribution in [0.1, 0.15) is 12.8 Å². The highest BCUT2D eigenvalue weighted by Crippen LogP contribution is 2.25. The molecule has 1 aliphatic rings. The molecule has 0 aliphatic carbocycles. The summed E-state index contributed by atoms with van der Waals surface area (Å²) in [6.45, 7) is 4.62. The number of hydrogen-bond donors (Lipinski definition) is 1. The van der Waals surface area contributed by atoms with E-state index in [-0.39, 0.29) is 18.4 Å². The van der Waals surface area contributed by atoms with E-state index in [1.165, 1.54) is 4.90 Å². The van der Waals surface area contributed by atoms with Gasteiger partial charge < -0.3 is 15.1 Å². The van der Waals surface area contributed by atoms with E-state index < -0.39 is 0 Å². The van der Waals surface area contributed by atoms with E-state index in [2.05, 4.69) is 16.9 Å². The summed E-state index contributed by atoms with van der Waals surface area (Å²) in [5.74, 6) is -0.258. The second-order valence-corrected chi connectivity index (χ2v) is 7.66. The zero-order valence-electron chi connectivity index (χ0n) is 16.1. The molecule has 1 aromatic heterocycles. The van der Waals surface area contributed by atoms with Gasteiger partial charge in [0.05, 0.1) is 6.54 Å². The fourth-order valence-electron chi connectivity index (χ4n) is 3.17. The molecule has 0 atom stereocenters. The monoisotopic (exact) mass is 396 g/mol. The molecule has 0 fully saturated rings. The maximum absolute atomic E-state index is 12.6. The highest BCUT2D eigenvalue weighted by Gasteiger charge is 2.27. The molecule has 0 unspecified atom stereocenters. The number of rotatable bonds is 6. The molecule has 1 aromatic carbocycles. The lowest BCUT2D eigenvalue weighted by atomic mass is 10.0. The summed E-state index contributed by atoms with van der Waals surface area (Å²) in [4.78, 5) is 32.9. The number of likely N-dealkylation sites (N-methyl/N-ethyl adjacent to an activating group) is 1. The lowest BCUT2D eigenvalue weighted by molar-refractivity contribution is -0.127. The molecule has 2 aromatic rings. The lowest BCUT2D eigenvalue weighted by Gasteiger charge is -2.33. The van der Waals surface area contributed by atoms with Crippen molar-refractivity contribution < 1.29 is 9.59 Å². The molecule has 1 N–H and O–H groups in total. The topological polar surface area (TPSA) is 65.5 Å². The first-order chi connectivity index (χ1) is 13.5. The summed E-state index contributed by atoms with van der Waals surface area (Å²) >= 11 is 1.57. The predicted molar refractivity (Wildman–Crippen MR) is 113 cm³/mol. The normalized spacial score (nSPS) is 14.0. The molecule has 1 aliphatic heterocycles. The minimum Gasteiger partial charge on any atom is -0.358 e. The first kappa shape index (κ1) is 19.8. The van der Waals surface area contributed by atoms with Gasteiger partial charge >= 0.3 is 0 Å². The number of anilines is 1. The van der Waals surface area contributed by atoms with Gasteiger partial charge in [-0.1, -0.05) is 12.7 Å². The molecule has 28 heavy (non-hydrogen) atoms. The van der Waals surface area contributed by atoms with Crippen molar-refractivity contribution in [2.45, 2.75) is 12.8 Å². The van der Waals surface area contributed by atoms with Gasteiger partial charge in [0.1, 0.15) is 10.7 Å². The van der Waals surface area contributed by atoms with Crippen molar-refractivity contribution >= 4 is 28.8 Å². The van der Waals surface area contributed by atoms with Gasteiger partial charge in [-0.15, -0.1) is 11.3 Å². The highest BCUT2D eigenvalue weighted by molar-refractivity contribution is 7.13. The number of amides is 2. The minimum atomic E-state index is -0.156. The second kappa shape index (κ2) is 8.84. The molecule has 6 nitrogen and oxygen atoms in total. The third-order valence-electron chi connectivity index (χ3n) is 4.53. The molecule has 2 amide bonds. The first-order valence-electron chi connectivity index (χ1n) is 9.11. The molecule has 2 heterocycles. The highest BCUT2D eigenvalue weighted by atomic mass is 32.1. The van der Waals surface area contributed by atoms with Crippen LogP contribution in [-0.4, -0.2) is 53.8 Å². The Hall–Kier alpha value is -2.93. The number of carbonyl (C=O) groups is 2. The number of hydrogen-bond acceptors (Lipinski definition) is 5. The van der Waals surface area contributed by atoms with E-state index in [9.17, 15) is 9.59 Å². The van der Waals surface area contributed by atoms with Crippen LogP contribution >= 0.6 is 11.3 Å². The van der Waals surface area contributed by atoms with E-state index in [4.69, 9.17) is 0 Å². The van der Waals surface area contributed by atoms with Crippen molar-refractivity contribution in [3.05, 3.63) is 59.8 Å². The average molecular weight is 397 g/mol. The predicted octanol–water partition coefficient (Wildman–Crippen LogP) is 3.37. The van der Waals surface area contributed by atoms with Crippen LogP contribution < -0.4 is 5.32 Å². The molecule has 0 saturated heterocycles. The minimum absolute atomic E-state index is 0.102. The van der Waals surface area contributed by atoms with Gasteiger partial charge in [-0.2, -0.15) is 0 Å². The summed E-state index contributed by atoms with van der Waals surface area (Å²) < 4.78 is 0. The van der Waals surface area contributed by atoms with Crippen molar-refractivity contribution in [1.82, 2.24) is 14.8 Å². The van der Waals surface area contributed by atoms with Crippen LogP contribution in [0.4, 0.5) is 5.69 Å². The molecule has 0 radical (unpaired) electrons. The van der Waals surface area contributed by atoms with Crippen LogP contribution in [0, 0.1) is 0 Å². The average Bonchev–Trinajstić information content (AvgIpc) is 3.22. The van der Waals surface area contributed by atoms with Crippen LogP contribution in [-0.2, 0) is 9.59 Å². The van der Waals surface area contributed by atoms with Crippen molar-refractivity contribution in [2.75, 3.05) is 32.5 Å². The standard InChI is InChI=1S/C21H24N4O2S/c1-4-15-6-5-12-25(19(15)21(27)24(2)3)14-18(26)23-17-9-7-16(8-10-17)20-22-11-13-28-20/h4,7-11,13H,1,5-6,12,14H2,2-3H3,(H,23,26). The summed E-state index contributed by atoms with van der Waals surface area (Å²) in [5, 5.41) is 5.79. The van der Waals surface area contributed by atoms with E-state index in [1.807, 2.05) is 34.5 Å². The zero-order chi connectivity index (χ0) is 20.1. The Morgan fingerprint density at radius 2 is 2.07 bits per heavy atom. The summed E-state index contributed by atoms with van der Waals surface area (Å²) in [7, 11) is 3.43. The molecular weight excluding hydrogens is 372 g/mol. The molecular formula is C21H24N4O2S. The van der Waals surface area contributed by atoms with Gasteiger partial charge in [0, 0.05) is 43.5 Å². The van der Waals surface area contributed by atoms with Crippen molar-refractivity contribution in [3.63, 3.8) is 0 Å². The smallest absolute Gasteiger partial charge is 0.269 e. The second-order valence-electron chi connectivity index (χ2n) is 6.77. The van der Waals surface area contributed by atoms with Gasteiger partial charge in [-0.05, 0) is 42.7 Å². The molecule has 0 bridgehead atoms. The summed E-state index contributed by atoms with van der Waals surface area (Å²) in [6.07, 6.45) is 5.18. The molecule has 3 rings (SSSR count). The molecule has 0 spiro atoms. The maximum Gasteiger partial charge on any atom is 0.269 e. The van der Waals surface area contributed by atoms with E-state index in [1.54, 1.807) is 37.7 Å². The first-order valence-corrected chi connectivity index (χ1v) is 9.99. The zero-order valence-corrected chi connectivity index (χ0v) is 17.0. The van der Waals surface area contributed by atoms with Gasteiger partial charge in [-0.25, -0.2) is 4.98 Å². The van der Waals surface area contributed by atoms with E-state index in [0.717, 1.165) is 34.7 Å². The number of thiazole rings is 1. The van der Waals surface area contributed by atoms with Crippen LogP contribution in [0.5, 0.6) is 0 Å². The quantitative estimate of drug-likeness (QED) is 0.813. The Balaban J connectivity index is 1.69. The van der Waals surface area contributed by atoms with Crippen LogP contribution in [0.3, 0.4) is 0 Å². The van der Waals surface area contributed by atoms with Gasteiger partial charge in [0.2, 0.25) is 5.91 Å². The fourth-order valence-corrected chi connectivity index (χ4v) is 3.82. The van der Waals surface area contributed by atoms with Gasteiger partial charge in [-0.3, -0.25) is 9.59 Å². The number of aromatic nitrogens is 1. The largest absolute Gasteiger partial charge is 0.358 e. The third kappa shape index (κ3) is 4.48. The third-order valence-corrected chi connectivity index (χ3v) is 5.35. The van der Waals surface area contributed by atoms with Crippen LogP contribution in [0.25, 0.3) is 10.6 Å². The fraction of sp³-hybridized carbons (Fsp3) is 0.286. The number of nitrogens with one attached hydrogen (secondary N) is 1. The summed E-state index contributed by atoms with van der Waals surface area (Å²) in [6, 6.07) is 7.60. The Kier molecular flexibility index (Phi) is 6.26. The Bertz CT molecular complexity index is 886. The summed E-state index contributed by atoms with van der Waals surface area (Å²) in [5.41, 5.74) is 3.20.